The number of aliphatic hydroxyl groups excluding tert-OH is 2. The molecule has 0 bridgehead atoms. The zero-order chi connectivity index (χ0) is 17.6. The maximum Gasteiger partial charge on any atom is 0.339 e. The van der Waals surface area contributed by atoms with Gasteiger partial charge in [-0.15, -0.1) is 0 Å². The number of hydrogen-bond donors (Lipinski definition) is 4. The van der Waals surface area contributed by atoms with Gasteiger partial charge in [0.2, 0.25) is 0 Å². The molecule has 1 saturated heterocycles. The Balaban J connectivity index is 0.000000816. The summed E-state index contributed by atoms with van der Waals surface area (Å²) in [5.41, 5.74) is 1.60. The molecule has 1 aliphatic heterocycles. The number of carboxylic acids is 1. The van der Waals surface area contributed by atoms with Crippen LogP contribution < -0.4 is 4.90 Å². The number of pyridine rings is 1. The Kier molecular flexibility index (Phi) is 6.92. The van der Waals surface area contributed by atoms with Crippen LogP contribution in [0.4, 0.5) is 5.82 Å². The van der Waals surface area contributed by atoms with E-state index in [0.717, 1.165) is 5.69 Å². The second-order valence-electron chi connectivity index (χ2n) is 5.43. The Morgan fingerprint density at radius 3 is 2.57 bits per heavy atom. The topological polar surface area (TPSA) is 131 Å². The smallest absolute Gasteiger partial charge is 0.339 e. The number of piperidine rings is 1. The SMILES string of the molecule is Cc1cc(C)c(C(=O)O)c(N2CC[C@H](CO)[C@H](O)C2)n1.O=CO. The van der Waals surface area contributed by atoms with Crippen molar-refractivity contribution in [3.8, 4) is 0 Å². The van der Waals surface area contributed by atoms with Crippen molar-refractivity contribution in [1.29, 1.82) is 0 Å². The van der Waals surface area contributed by atoms with Gasteiger partial charge in [0.25, 0.3) is 6.47 Å². The predicted molar refractivity (Wildman–Crippen MR) is 82.8 cm³/mol. The van der Waals surface area contributed by atoms with Crippen LogP contribution in [0.1, 0.15) is 28.0 Å². The van der Waals surface area contributed by atoms with E-state index in [1.54, 1.807) is 17.9 Å². The van der Waals surface area contributed by atoms with Gasteiger partial charge >= 0.3 is 5.97 Å². The third-order valence-electron chi connectivity index (χ3n) is 3.79. The second kappa shape index (κ2) is 8.44. The average Bonchev–Trinajstić information content (AvgIpc) is 2.46. The molecule has 1 fully saturated rings. The van der Waals surface area contributed by atoms with E-state index >= 15 is 0 Å². The first-order valence-electron chi connectivity index (χ1n) is 7.18. The minimum absolute atomic E-state index is 0.0545. The normalized spacial score (nSPS) is 20.4. The third kappa shape index (κ3) is 4.64. The lowest BCUT2D eigenvalue weighted by Gasteiger charge is -2.36. The largest absolute Gasteiger partial charge is 0.483 e. The number of aliphatic hydroxyl groups is 2. The highest BCUT2D eigenvalue weighted by Crippen LogP contribution is 2.27. The average molecular weight is 326 g/mol. The van der Waals surface area contributed by atoms with Gasteiger partial charge in [-0.2, -0.15) is 0 Å². The first kappa shape index (κ1) is 18.9. The molecule has 0 radical (unpaired) electrons. The molecule has 0 amide bonds. The molecule has 8 heteroatoms. The molecule has 0 aromatic carbocycles. The molecule has 2 atom stereocenters. The fraction of sp³-hybridized carbons (Fsp3) is 0.533. The van der Waals surface area contributed by atoms with Crippen molar-refractivity contribution in [3.05, 3.63) is 22.9 Å². The molecule has 4 N–H and O–H groups in total. The molecule has 0 saturated carbocycles. The van der Waals surface area contributed by atoms with Gasteiger partial charge in [-0.25, -0.2) is 9.78 Å². The minimum Gasteiger partial charge on any atom is -0.483 e. The molecule has 23 heavy (non-hydrogen) atoms. The zero-order valence-corrected chi connectivity index (χ0v) is 13.1. The van der Waals surface area contributed by atoms with Crippen molar-refractivity contribution in [2.45, 2.75) is 26.4 Å². The number of carboxylic acid groups (broad SMARTS) is 2. The summed E-state index contributed by atoms with van der Waals surface area (Å²) in [5.74, 6) is -0.750. The van der Waals surface area contributed by atoms with Crippen LogP contribution in [0.2, 0.25) is 0 Å². The van der Waals surface area contributed by atoms with Gasteiger partial charge in [0.15, 0.2) is 0 Å². The molecule has 0 aliphatic carbocycles. The number of β-amino-alcohol motifs (C(OH)–C–C–N with tert-alkyl or cyclic N) is 1. The molecule has 0 unspecified atom stereocenters. The summed E-state index contributed by atoms with van der Waals surface area (Å²) in [5, 5.41) is 35.4. The summed E-state index contributed by atoms with van der Waals surface area (Å²) >= 11 is 0. The lowest BCUT2D eigenvalue weighted by atomic mass is 9.94. The van der Waals surface area contributed by atoms with Crippen LogP contribution in [0.3, 0.4) is 0 Å². The second-order valence-corrected chi connectivity index (χ2v) is 5.43. The van der Waals surface area contributed by atoms with Gasteiger partial charge in [0.05, 0.1) is 6.10 Å². The van der Waals surface area contributed by atoms with Gasteiger partial charge in [0, 0.05) is 31.3 Å². The van der Waals surface area contributed by atoms with Gasteiger partial charge in [0.1, 0.15) is 11.4 Å². The van der Waals surface area contributed by atoms with Crippen LogP contribution in [-0.2, 0) is 4.79 Å². The molecule has 0 spiro atoms. The van der Waals surface area contributed by atoms with Crippen molar-refractivity contribution in [2.24, 2.45) is 5.92 Å². The standard InChI is InChI=1S/C14H20N2O4.CH2O2/c1-8-5-9(2)15-13(12(8)14(19)20)16-4-3-10(7-17)11(18)6-16;2-1-3/h5,10-11,17-18H,3-4,6-7H2,1-2H3,(H,19,20);1H,(H,2,3)/t10-,11-;/m1./s1. The third-order valence-corrected chi connectivity index (χ3v) is 3.79. The molecule has 8 nitrogen and oxygen atoms in total. The molecule has 1 aromatic rings. The Bertz CT molecular complexity index is 563. The van der Waals surface area contributed by atoms with Crippen molar-refractivity contribution in [1.82, 2.24) is 4.98 Å². The number of hydrogen-bond acceptors (Lipinski definition) is 6. The number of aromatic nitrogens is 1. The van der Waals surface area contributed by atoms with E-state index in [-0.39, 0.29) is 24.6 Å². The van der Waals surface area contributed by atoms with Crippen molar-refractivity contribution >= 4 is 18.3 Å². The predicted octanol–water partition coefficient (Wildman–Crippen LogP) is 0.277. The molecular formula is C15H22N2O6. The molecule has 128 valence electrons. The number of carbonyl (C=O) groups is 2. The van der Waals surface area contributed by atoms with Crippen molar-refractivity contribution in [2.75, 3.05) is 24.6 Å². The highest BCUT2D eigenvalue weighted by molar-refractivity contribution is 5.95. The Hall–Kier alpha value is -2.19. The van der Waals surface area contributed by atoms with Gasteiger partial charge in [-0.1, -0.05) is 0 Å². The minimum atomic E-state index is -1.01. The summed E-state index contributed by atoms with van der Waals surface area (Å²) in [7, 11) is 0. The summed E-state index contributed by atoms with van der Waals surface area (Å²) in [6, 6.07) is 1.74. The lowest BCUT2D eigenvalue weighted by Crippen LogP contribution is -2.46. The van der Waals surface area contributed by atoms with E-state index in [9.17, 15) is 15.0 Å². The number of aromatic carboxylic acids is 1. The van der Waals surface area contributed by atoms with E-state index in [0.29, 0.717) is 30.9 Å². The zero-order valence-electron chi connectivity index (χ0n) is 13.1. The molecular weight excluding hydrogens is 304 g/mol. The monoisotopic (exact) mass is 326 g/mol. The van der Waals surface area contributed by atoms with Crippen LogP contribution in [0.5, 0.6) is 0 Å². The van der Waals surface area contributed by atoms with Gasteiger partial charge < -0.3 is 25.3 Å². The Labute approximate surface area is 134 Å². The molecule has 2 heterocycles. The van der Waals surface area contributed by atoms with Gasteiger partial charge in [-0.05, 0) is 31.9 Å². The lowest BCUT2D eigenvalue weighted by molar-refractivity contribution is -0.122. The Morgan fingerprint density at radius 1 is 1.48 bits per heavy atom. The van der Waals surface area contributed by atoms with Crippen LogP contribution in [0, 0.1) is 19.8 Å². The number of rotatable bonds is 3. The van der Waals surface area contributed by atoms with E-state index in [2.05, 4.69) is 4.98 Å². The highest BCUT2D eigenvalue weighted by Gasteiger charge is 2.30. The first-order chi connectivity index (χ1) is 10.8. The van der Waals surface area contributed by atoms with E-state index < -0.39 is 12.1 Å². The number of anilines is 1. The first-order valence-corrected chi connectivity index (χ1v) is 7.18. The van der Waals surface area contributed by atoms with Gasteiger partial charge in [-0.3, -0.25) is 4.79 Å². The molecule has 1 aromatic heterocycles. The number of aryl methyl sites for hydroxylation is 2. The van der Waals surface area contributed by atoms with Crippen LogP contribution in [0.25, 0.3) is 0 Å². The van der Waals surface area contributed by atoms with E-state index in [1.165, 1.54) is 0 Å². The van der Waals surface area contributed by atoms with E-state index in [4.69, 9.17) is 15.0 Å². The fourth-order valence-electron chi connectivity index (χ4n) is 2.70. The Morgan fingerprint density at radius 2 is 2.09 bits per heavy atom. The van der Waals surface area contributed by atoms with Crippen molar-refractivity contribution < 1.29 is 30.0 Å². The molecule has 1 aliphatic rings. The van der Waals surface area contributed by atoms with Crippen LogP contribution in [0.15, 0.2) is 6.07 Å². The van der Waals surface area contributed by atoms with Crippen LogP contribution >= 0.6 is 0 Å². The molecule has 2 rings (SSSR count). The summed E-state index contributed by atoms with van der Waals surface area (Å²) in [6.45, 7) is 4.14. The number of nitrogens with zero attached hydrogens (tertiary/aromatic N) is 2. The maximum atomic E-state index is 11.4. The summed E-state index contributed by atoms with van der Waals surface area (Å²) in [4.78, 5) is 25.9. The summed E-state index contributed by atoms with van der Waals surface area (Å²) < 4.78 is 0. The highest BCUT2D eigenvalue weighted by atomic mass is 16.4. The fourth-order valence-corrected chi connectivity index (χ4v) is 2.70. The summed E-state index contributed by atoms with van der Waals surface area (Å²) in [6.07, 6.45) is -0.0520. The quantitative estimate of drug-likeness (QED) is 0.582. The van der Waals surface area contributed by atoms with Crippen molar-refractivity contribution in [3.63, 3.8) is 0 Å². The van der Waals surface area contributed by atoms with Crippen LogP contribution in [-0.4, -0.2) is 63.7 Å². The maximum absolute atomic E-state index is 11.4. The van der Waals surface area contributed by atoms with E-state index in [1.807, 2.05) is 6.92 Å².